The average Bonchev–Trinajstić information content (AvgIpc) is 3.16. The first-order chi connectivity index (χ1) is 13.1. The van der Waals surface area contributed by atoms with E-state index in [-0.39, 0.29) is 12.1 Å². The minimum absolute atomic E-state index is 0.144. The Morgan fingerprint density at radius 3 is 2.67 bits per heavy atom. The summed E-state index contributed by atoms with van der Waals surface area (Å²) in [5.74, 6) is -0.144. The van der Waals surface area contributed by atoms with Crippen LogP contribution in [0.2, 0.25) is 10.0 Å². The van der Waals surface area contributed by atoms with Crippen molar-refractivity contribution in [2.24, 2.45) is 0 Å². The van der Waals surface area contributed by atoms with E-state index < -0.39 is 0 Å². The zero-order valence-electron chi connectivity index (χ0n) is 15.4. The highest BCUT2D eigenvalue weighted by atomic mass is 35.5. The molecule has 0 aliphatic rings. The normalized spacial score (nSPS) is 12.1. The van der Waals surface area contributed by atoms with E-state index in [9.17, 15) is 4.79 Å². The van der Waals surface area contributed by atoms with Gasteiger partial charge in [0.05, 0.1) is 13.7 Å². The van der Waals surface area contributed by atoms with Crippen LogP contribution in [0, 0.1) is 0 Å². The molecule has 1 atom stereocenters. The van der Waals surface area contributed by atoms with Crippen LogP contribution in [0.15, 0.2) is 30.9 Å². The van der Waals surface area contributed by atoms with Crippen molar-refractivity contribution in [3.63, 3.8) is 0 Å². The van der Waals surface area contributed by atoms with Crippen molar-refractivity contribution in [1.29, 1.82) is 0 Å². The maximum atomic E-state index is 11.1. The number of carbonyl (C=O) groups is 1. The number of carbonyl (C=O) groups excluding carboxylic acids is 1. The quantitative estimate of drug-likeness (QED) is 0.367. The van der Waals surface area contributed by atoms with Crippen LogP contribution >= 0.6 is 23.2 Å². The molecule has 1 heterocycles. The molecule has 1 aromatic heterocycles. The van der Waals surface area contributed by atoms with Gasteiger partial charge in [-0.2, -0.15) is 5.10 Å². The Bertz CT molecular complexity index is 696. The lowest BCUT2D eigenvalue weighted by Crippen LogP contribution is -2.14. The molecule has 1 aromatic carbocycles. The Labute approximate surface area is 169 Å². The fourth-order valence-electron chi connectivity index (χ4n) is 2.73. The van der Waals surface area contributed by atoms with E-state index in [1.807, 2.05) is 12.1 Å². The third kappa shape index (κ3) is 7.87. The molecule has 148 valence electrons. The molecule has 0 N–H and O–H groups in total. The molecule has 1 unspecified atom stereocenters. The number of halogens is 2. The third-order valence-corrected chi connectivity index (χ3v) is 4.76. The summed E-state index contributed by atoms with van der Waals surface area (Å²) in [6.45, 7) is 1.15. The number of benzene rings is 1. The monoisotopic (exact) mass is 413 g/mol. The lowest BCUT2D eigenvalue weighted by atomic mass is 10.1. The van der Waals surface area contributed by atoms with E-state index in [2.05, 4.69) is 14.8 Å². The molecule has 2 aromatic rings. The maximum Gasteiger partial charge on any atom is 0.305 e. The Kier molecular flexibility index (Phi) is 9.59. The minimum atomic E-state index is -0.226. The lowest BCUT2D eigenvalue weighted by molar-refractivity contribution is -0.140. The Hall–Kier alpha value is -1.63. The molecule has 0 fully saturated rings. The van der Waals surface area contributed by atoms with Gasteiger partial charge in [-0.1, -0.05) is 48.5 Å². The molecule has 0 spiro atoms. The summed E-state index contributed by atoms with van der Waals surface area (Å²) in [6.07, 6.45) is 8.34. The third-order valence-electron chi connectivity index (χ3n) is 4.20. The van der Waals surface area contributed by atoms with E-state index in [1.54, 1.807) is 17.1 Å². The maximum absolute atomic E-state index is 11.1. The minimum Gasteiger partial charge on any atom is -0.469 e. The molecular weight excluding hydrogens is 389 g/mol. The van der Waals surface area contributed by atoms with Gasteiger partial charge in [0.25, 0.3) is 0 Å². The zero-order valence-corrected chi connectivity index (χ0v) is 17.0. The first-order valence-corrected chi connectivity index (χ1v) is 9.81. The van der Waals surface area contributed by atoms with Crippen LogP contribution < -0.4 is 0 Å². The number of ether oxygens (including phenoxy) is 2. The van der Waals surface area contributed by atoms with Gasteiger partial charge in [-0.3, -0.25) is 9.48 Å². The van der Waals surface area contributed by atoms with Gasteiger partial charge in [0.2, 0.25) is 0 Å². The summed E-state index contributed by atoms with van der Waals surface area (Å²) < 4.78 is 12.5. The number of rotatable bonds is 12. The van der Waals surface area contributed by atoms with Gasteiger partial charge in [0, 0.05) is 28.6 Å². The summed E-state index contributed by atoms with van der Waals surface area (Å²) >= 11 is 12.4. The van der Waals surface area contributed by atoms with Gasteiger partial charge in [-0.15, -0.1) is 0 Å². The number of unbranched alkanes of at least 4 members (excludes halogenated alkanes) is 4. The van der Waals surface area contributed by atoms with E-state index in [1.165, 1.54) is 13.4 Å². The lowest BCUT2D eigenvalue weighted by Gasteiger charge is -2.19. The molecule has 8 heteroatoms. The van der Waals surface area contributed by atoms with E-state index >= 15 is 0 Å². The van der Waals surface area contributed by atoms with Crippen molar-refractivity contribution in [1.82, 2.24) is 14.8 Å². The number of esters is 1. The number of aromatic nitrogens is 3. The number of hydrogen-bond acceptors (Lipinski definition) is 5. The van der Waals surface area contributed by atoms with Crippen LogP contribution in [0.25, 0.3) is 0 Å². The fourth-order valence-corrected chi connectivity index (χ4v) is 3.26. The Balaban J connectivity index is 1.78. The highest BCUT2D eigenvalue weighted by Gasteiger charge is 2.17. The van der Waals surface area contributed by atoms with Gasteiger partial charge in [0.1, 0.15) is 18.8 Å². The van der Waals surface area contributed by atoms with Crippen molar-refractivity contribution < 1.29 is 14.3 Å². The zero-order chi connectivity index (χ0) is 19.5. The standard InChI is InChI=1S/C19H25Cl2N3O3/c1-26-19(25)7-5-3-2-4-6-10-27-18(12-24-14-22-13-23-24)16-9-8-15(20)11-17(16)21/h8-9,11,13-14,18H,2-7,10,12H2,1H3. The van der Waals surface area contributed by atoms with Crippen LogP contribution in [0.1, 0.15) is 50.2 Å². The Morgan fingerprint density at radius 2 is 1.96 bits per heavy atom. The molecule has 0 aliphatic carbocycles. The molecule has 0 saturated heterocycles. The smallest absolute Gasteiger partial charge is 0.305 e. The molecule has 0 radical (unpaired) electrons. The second-order valence-corrected chi connectivity index (χ2v) is 7.08. The number of nitrogens with zero attached hydrogens (tertiary/aromatic N) is 3. The van der Waals surface area contributed by atoms with E-state index in [0.29, 0.717) is 29.6 Å². The van der Waals surface area contributed by atoms with Crippen LogP contribution in [-0.2, 0) is 20.8 Å². The van der Waals surface area contributed by atoms with Crippen molar-refractivity contribution in [2.45, 2.75) is 51.2 Å². The first kappa shape index (κ1) is 21.7. The van der Waals surface area contributed by atoms with E-state index in [4.69, 9.17) is 27.9 Å². The van der Waals surface area contributed by atoms with Gasteiger partial charge < -0.3 is 9.47 Å². The van der Waals surface area contributed by atoms with Gasteiger partial charge in [0.15, 0.2) is 0 Å². The first-order valence-electron chi connectivity index (χ1n) is 9.06. The summed E-state index contributed by atoms with van der Waals surface area (Å²) in [5.41, 5.74) is 0.884. The van der Waals surface area contributed by atoms with Crippen LogP contribution in [-0.4, -0.2) is 34.5 Å². The second-order valence-electron chi connectivity index (χ2n) is 6.24. The van der Waals surface area contributed by atoms with Crippen molar-refractivity contribution in [3.8, 4) is 0 Å². The van der Waals surface area contributed by atoms with Crippen molar-refractivity contribution in [2.75, 3.05) is 13.7 Å². The largest absolute Gasteiger partial charge is 0.469 e. The van der Waals surface area contributed by atoms with Crippen molar-refractivity contribution in [3.05, 3.63) is 46.5 Å². The van der Waals surface area contributed by atoms with Gasteiger partial charge in [-0.05, 0) is 25.0 Å². The number of methoxy groups -OCH3 is 1. The van der Waals surface area contributed by atoms with Crippen LogP contribution in [0.4, 0.5) is 0 Å². The summed E-state index contributed by atoms with van der Waals surface area (Å²) in [7, 11) is 1.42. The molecule has 0 bridgehead atoms. The average molecular weight is 414 g/mol. The van der Waals surface area contributed by atoms with Crippen molar-refractivity contribution >= 4 is 29.2 Å². The molecule has 0 saturated carbocycles. The van der Waals surface area contributed by atoms with Gasteiger partial charge >= 0.3 is 5.97 Å². The topological polar surface area (TPSA) is 66.2 Å². The fraction of sp³-hybridized carbons (Fsp3) is 0.526. The predicted molar refractivity (Wildman–Crippen MR) is 105 cm³/mol. The molecule has 27 heavy (non-hydrogen) atoms. The van der Waals surface area contributed by atoms with Crippen LogP contribution in [0.3, 0.4) is 0 Å². The Morgan fingerprint density at radius 1 is 1.19 bits per heavy atom. The SMILES string of the molecule is COC(=O)CCCCCCCOC(Cn1cncn1)c1ccc(Cl)cc1Cl. The highest BCUT2D eigenvalue weighted by Crippen LogP contribution is 2.29. The summed E-state index contributed by atoms with van der Waals surface area (Å²) in [4.78, 5) is 15.0. The molecule has 2 rings (SSSR count). The van der Waals surface area contributed by atoms with Crippen LogP contribution in [0.5, 0.6) is 0 Å². The highest BCUT2D eigenvalue weighted by molar-refractivity contribution is 6.35. The molecule has 0 aliphatic heterocycles. The second kappa shape index (κ2) is 12.0. The molecule has 0 amide bonds. The molecular formula is C19H25Cl2N3O3. The van der Waals surface area contributed by atoms with E-state index in [0.717, 1.165) is 37.7 Å². The molecule has 6 nitrogen and oxygen atoms in total. The summed E-state index contributed by atoms with van der Waals surface area (Å²) in [6, 6.07) is 5.41. The number of hydrogen-bond donors (Lipinski definition) is 0. The van der Waals surface area contributed by atoms with Gasteiger partial charge in [-0.25, -0.2) is 4.98 Å². The summed E-state index contributed by atoms with van der Waals surface area (Å²) in [5, 5.41) is 5.32. The predicted octanol–water partition coefficient (Wildman–Crippen LogP) is 4.86.